The highest BCUT2D eigenvalue weighted by atomic mass is 16.5. The van der Waals surface area contributed by atoms with Gasteiger partial charge in [0, 0.05) is 44.3 Å². The van der Waals surface area contributed by atoms with Gasteiger partial charge in [-0.05, 0) is 24.6 Å². The van der Waals surface area contributed by atoms with Gasteiger partial charge in [0.05, 0.1) is 19.8 Å². The molecular formula is C24H30N4O4. The minimum Gasteiger partial charge on any atom is -0.497 e. The molecule has 2 unspecified atom stereocenters. The molecule has 8 nitrogen and oxygen atoms in total. The molecule has 170 valence electrons. The number of aromatic nitrogens is 2. The van der Waals surface area contributed by atoms with E-state index in [2.05, 4.69) is 34.0 Å². The lowest BCUT2D eigenvalue weighted by Gasteiger charge is -2.38. The molecule has 2 aromatic carbocycles. The number of aliphatic hydroxyl groups excluding tert-OH is 1. The van der Waals surface area contributed by atoms with Crippen LogP contribution in [0, 0.1) is 0 Å². The van der Waals surface area contributed by atoms with Crippen molar-refractivity contribution in [3.8, 4) is 17.1 Å². The number of hydrogen-bond acceptors (Lipinski definition) is 7. The van der Waals surface area contributed by atoms with Crippen LogP contribution >= 0.6 is 0 Å². The number of rotatable bonds is 8. The van der Waals surface area contributed by atoms with Gasteiger partial charge in [0.2, 0.25) is 0 Å². The summed E-state index contributed by atoms with van der Waals surface area (Å²) in [5, 5.41) is 14.6. The fourth-order valence-electron chi connectivity index (χ4n) is 4.24. The Kier molecular flexibility index (Phi) is 7.04. The first-order valence-electron chi connectivity index (χ1n) is 11.0. The number of nitrogens with zero attached hydrogens (tertiary/aromatic N) is 4. The predicted molar refractivity (Wildman–Crippen MR) is 122 cm³/mol. The largest absolute Gasteiger partial charge is 0.497 e. The zero-order valence-corrected chi connectivity index (χ0v) is 18.6. The average molecular weight is 439 g/mol. The molecule has 0 spiro atoms. The van der Waals surface area contributed by atoms with Crippen molar-refractivity contribution in [2.45, 2.75) is 25.6 Å². The molecule has 1 aromatic heterocycles. The van der Waals surface area contributed by atoms with E-state index in [0.29, 0.717) is 18.4 Å². The lowest BCUT2D eigenvalue weighted by molar-refractivity contribution is 0.0520. The Hall–Kier alpha value is -2.94. The second-order valence-electron chi connectivity index (χ2n) is 8.19. The third-order valence-corrected chi connectivity index (χ3v) is 6.11. The van der Waals surface area contributed by atoms with Crippen molar-refractivity contribution < 1.29 is 14.4 Å². The highest BCUT2D eigenvalue weighted by Gasteiger charge is 2.24. The van der Waals surface area contributed by atoms with Crippen LogP contribution in [0.2, 0.25) is 0 Å². The van der Waals surface area contributed by atoms with Crippen LogP contribution in [-0.2, 0) is 6.54 Å². The summed E-state index contributed by atoms with van der Waals surface area (Å²) >= 11 is 0. The summed E-state index contributed by atoms with van der Waals surface area (Å²) in [4.78, 5) is 16.8. The third-order valence-electron chi connectivity index (χ3n) is 6.11. The van der Waals surface area contributed by atoms with Gasteiger partial charge in [-0.3, -0.25) is 18.9 Å². The number of methoxy groups -OCH3 is 1. The van der Waals surface area contributed by atoms with Gasteiger partial charge < -0.3 is 9.84 Å². The molecule has 2 heterocycles. The van der Waals surface area contributed by atoms with Gasteiger partial charge in [0.15, 0.2) is 5.82 Å². The number of ether oxygens (including phenoxy) is 1. The summed E-state index contributed by atoms with van der Waals surface area (Å²) in [5.41, 5.74) is 2.02. The maximum Gasteiger partial charge on any atom is 0.441 e. The van der Waals surface area contributed by atoms with E-state index in [-0.39, 0.29) is 6.54 Å². The van der Waals surface area contributed by atoms with Crippen LogP contribution in [0.1, 0.15) is 18.5 Å². The van der Waals surface area contributed by atoms with Gasteiger partial charge in [-0.25, -0.2) is 4.79 Å². The Bertz CT molecular complexity index is 1060. The molecule has 8 heteroatoms. The van der Waals surface area contributed by atoms with Crippen molar-refractivity contribution in [2.75, 3.05) is 39.8 Å². The monoisotopic (exact) mass is 438 g/mol. The van der Waals surface area contributed by atoms with E-state index < -0.39 is 11.9 Å². The standard InChI is InChI=1S/C24H30N4O4/c1-18(20-9-6-10-22(15-20)31-2)27-13-11-26(12-14-27)16-21(29)17-28-23(25-32-24(28)30)19-7-4-3-5-8-19/h3-10,15,18,21,29H,11-14,16-17H2,1-2H3. The Labute approximate surface area is 187 Å². The van der Waals surface area contributed by atoms with Crippen LogP contribution in [0.15, 0.2) is 63.9 Å². The van der Waals surface area contributed by atoms with Crippen molar-refractivity contribution in [1.82, 2.24) is 19.5 Å². The van der Waals surface area contributed by atoms with Gasteiger partial charge in [0.25, 0.3) is 0 Å². The molecule has 3 aromatic rings. The first-order chi connectivity index (χ1) is 15.5. The zero-order valence-electron chi connectivity index (χ0n) is 18.6. The van der Waals surface area contributed by atoms with Crippen LogP contribution in [0.4, 0.5) is 0 Å². The Morgan fingerprint density at radius 3 is 2.53 bits per heavy atom. The molecule has 0 amide bonds. The summed E-state index contributed by atoms with van der Waals surface area (Å²) in [7, 11) is 1.68. The maximum absolute atomic E-state index is 12.1. The number of piperazine rings is 1. The van der Waals surface area contributed by atoms with Gasteiger partial charge in [-0.15, -0.1) is 0 Å². The molecule has 4 rings (SSSR count). The minimum atomic E-state index is -0.697. The number of hydrogen-bond donors (Lipinski definition) is 1. The lowest BCUT2D eigenvalue weighted by atomic mass is 10.1. The zero-order chi connectivity index (χ0) is 22.5. The Balaban J connectivity index is 1.32. The molecule has 1 N–H and O–H groups in total. The fourth-order valence-corrected chi connectivity index (χ4v) is 4.24. The van der Waals surface area contributed by atoms with E-state index in [1.54, 1.807) is 7.11 Å². The smallest absolute Gasteiger partial charge is 0.441 e. The molecule has 0 radical (unpaired) electrons. The van der Waals surface area contributed by atoms with E-state index in [9.17, 15) is 9.90 Å². The summed E-state index contributed by atoms with van der Waals surface area (Å²) < 4.78 is 11.6. The molecular weight excluding hydrogens is 408 g/mol. The quantitative estimate of drug-likeness (QED) is 0.577. The molecule has 0 saturated carbocycles. The summed E-state index contributed by atoms with van der Waals surface area (Å²) in [6, 6.07) is 17.9. The second kappa shape index (κ2) is 10.1. The Morgan fingerprint density at radius 1 is 1.06 bits per heavy atom. The highest BCUT2D eigenvalue weighted by Crippen LogP contribution is 2.25. The highest BCUT2D eigenvalue weighted by molar-refractivity contribution is 5.54. The van der Waals surface area contributed by atoms with Crippen LogP contribution in [0.3, 0.4) is 0 Å². The van der Waals surface area contributed by atoms with Crippen LogP contribution < -0.4 is 10.5 Å². The fraction of sp³-hybridized carbons (Fsp3) is 0.417. The molecule has 1 aliphatic heterocycles. The number of aliphatic hydroxyl groups is 1. The molecule has 0 bridgehead atoms. The topological polar surface area (TPSA) is 84.0 Å². The van der Waals surface area contributed by atoms with Crippen molar-refractivity contribution in [3.63, 3.8) is 0 Å². The average Bonchev–Trinajstić information content (AvgIpc) is 3.19. The molecule has 32 heavy (non-hydrogen) atoms. The number of benzene rings is 2. The van der Waals surface area contributed by atoms with Crippen molar-refractivity contribution in [1.29, 1.82) is 0 Å². The van der Waals surface area contributed by atoms with Gasteiger partial charge in [-0.2, -0.15) is 0 Å². The molecule has 1 fully saturated rings. The summed E-state index contributed by atoms with van der Waals surface area (Å²) in [6.07, 6.45) is -0.697. The van der Waals surface area contributed by atoms with Crippen molar-refractivity contribution in [2.24, 2.45) is 0 Å². The van der Waals surface area contributed by atoms with Crippen LogP contribution in [0.5, 0.6) is 5.75 Å². The van der Waals surface area contributed by atoms with Crippen molar-refractivity contribution in [3.05, 3.63) is 70.7 Å². The van der Waals surface area contributed by atoms with Gasteiger partial charge in [0.1, 0.15) is 5.75 Å². The summed E-state index contributed by atoms with van der Waals surface area (Å²) in [6.45, 7) is 6.38. The van der Waals surface area contributed by atoms with Crippen LogP contribution in [-0.4, -0.2) is 70.6 Å². The normalized spacial score (nSPS) is 17.2. The van der Waals surface area contributed by atoms with Gasteiger partial charge >= 0.3 is 5.76 Å². The van der Waals surface area contributed by atoms with Crippen LogP contribution in [0.25, 0.3) is 11.4 Å². The summed E-state index contributed by atoms with van der Waals surface area (Å²) in [5.74, 6) is 0.751. The first kappa shape index (κ1) is 22.3. The second-order valence-corrected chi connectivity index (χ2v) is 8.19. The van der Waals surface area contributed by atoms with E-state index in [1.807, 2.05) is 42.5 Å². The van der Waals surface area contributed by atoms with E-state index >= 15 is 0 Å². The predicted octanol–water partition coefficient (Wildman–Crippen LogP) is 2.25. The van der Waals surface area contributed by atoms with E-state index in [4.69, 9.17) is 9.26 Å². The van der Waals surface area contributed by atoms with Crippen molar-refractivity contribution >= 4 is 0 Å². The van der Waals surface area contributed by atoms with Gasteiger partial charge in [-0.1, -0.05) is 47.6 Å². The molecule has 2 atom stereocenters. The molecule has 0 aliphatic carbocycles. The SMILES string of the molecule is COc1cccc(C(C)N2CCN(CC(O)Cn3c(-c4ccccc4)noc3=O)CC2)c1. The minimum absolute atomic E-state index is 0.146. The molecule has 1 saturated heterocycles. The number of β-amino-alcohol motifs (C(OH)–C–C–N with tert-alkyl or cyclic N) is 1. The third kappa shape index (κ3) is 5.09. The lowest BCUT2D eigenvalue weighted by Crippen LogP contribution is -2.49. The maximum atomic E-state index is 12.1. The van der Waals surface area contributed by atoms with E-state index in [1.165, 1.54) is 10.1 Å². The first-order valence-corrected chi connectivity index (χ1v) is 11.0. The Morgan fingerprint density at radius 2 is 1.81 bits per heavy atom. The van der Waals surface area contributed by atoms with E-state index in [0.717, 1.165) is 37.5 Å². The molecule has 1 aliphatic rings.